The topological polar surface area (TPSA) is 66.0 Å². The smallest absolute Gasteiger partial charge is 0.417 e. The molecule has 1 N–H and O–H groups in total. The van der Waals surface area contributed by atoms with Gasteiger partial charge in [-0.15, -0.1) is 0 Å². The summed E-state index contributed by atoms with van der Waals surface area (Å²) in [5, 5.41) is 17.8. The van der Waals surface area contributed by atoms with Crippen molar-refractivity contribution in [2.24, 2.45) is 0 Å². The van der Waals surface area contributed by atoms with Crippen LogP contribution in [0.25, 0.3) is 5.69 Å². The fourth-order valence-electron chi connectivity index (χ4n) is 1.80. The summed E-state index contributed by atoms with van der Waals surface area (Å²) in [4.78, 5) is 11.0. The predicted octanol–water partition coefficient (Wildman–Crippen LogP) is 3.07. The lowest BCUT2D eigenvalue weighted by molar-refractivity contribution is -0.138. The van der Waals surface area contributed by atoms with Gasteiger partial charge in [0.1, 0.15) is 11.8 Å². The van der Waals surface area contributed by atoms with E-state index in [9.17, 15) is 18.0 Å². The highest BCUT2D eigenvalue weighted by atomic mass is 19.4. The van der Waals surface area contributed by atoms with Gasteiger partial charge >= 0.3 is 12.1 Å². The second-order valence-electron chi connectivity index (χ2n) is 3.91. The van der Waals surface area contributed by atoms with E-state index in [4.69, 9.17) is 10.4 Å². The molecular formula is C13H7F3N2O2. The van der Waals surface area contributed by atoms with Crippen LogP contribution in [0, 0.1) is 11.3 Å². The van der Waals surface area contributed by atoms with Crippen LogP contribution in [0.4, 0.5) is 13.2 Å². The molecule has 0 fully saturated rings. The maximum atomic E-state index is 12.7. The molecule has 1 aromatic heterocycles. The Labute approximate surface area is 111 Å². The first-order valence-corrected chi connectivity index (χ1v) is 5.37. The third-order valence-electron chi connectivity index (χ3n) is 2.68. The van der Waals surface area contributed by atoms with Crippen molar-refractivity contribution >= 4 is 5.97 Å². The number of carboxylic acid groups (broad SMARTS) is 1. The zero-order valence-electron chi connectivity index (χ0n) is 9.85. The average molecular weight is 280 g/mol. The molecule has 0 saturated carbocycles. The van der Waals surface area contributed by atoms with E-state index in [1.807, 2.05) is 6.07 Å². The summed E-state index contributed by atoms with van der Waals surface area (Å²) < 4.78 is 39.4. The first-order valence-electron chi connectivity index (χ1n) is 5.37. The van der Waals surface area contributed by atoms with Crippen LogP contribution in [0.3, 0.4) is 0 Å². The van der Waals surface area contributed by atoms with E-state index >= 15 is 0 Å². The van der Waals surface area contributed by atoms with Gasteiger partial charge in [-0.2, -0.15) is 18.4 Å². The van der Waals surface area contributed by atoms with Crippen molar-refractivity contribution in [3.8, 4) is 11.8 Å². The SMILES string of the molecule is N#Cc1cccn1-c1ccc(C(F)(F)F)c(C(=O)O)c1. The van der Waals surface area contributed by atoms with Gasteiger partial charge in [-0.3, -0.25) is 0 Å². The monoisotopic (exact) mass is 280 g/mol. The number of carbonyl (C=O) groups is 1. The van der Waals surface area contributed by atoms with Crippen molar-refractivity contribution in [3.05, 3.63) is 53.3 Å². The van der Waals surface area contributed by atoms with Crippen molar-refractivity contribution < 1.29 is 23.1 Å². The van der Waals surface area contributed by atoms with E-state index in [2.05, 4.69) is 0 Å². The van der Waals surface area contributed by atoms with E-state index in [1.165, 1.54) is 22.9 Å². The molecule has 0 bridgehead atoms. The molecule has 0 spiro atoms. The fourth-order valence-corrected chi connectivity index (χ4v) is 1.80. The molecule has 2 rings (SSSR count). The third kappa shape index (κ3) is 2.36. The molecule has 0 atom stereocenters. The standard InChI is InChI=1S/C13H7F3N2O2/c14-13(15,16)11-4-3-8(6-10(11)12(19)20)18-5-1-2-9(18)7-17/h1-6H,(H,19,20). The number of aromatic nitrogens is 1. The van der Waals surface area contributed by atoms with Crippen LogP contribution in [0.15, 0.2) is 36.5 Å². The number of rotatable bonds is 2. The Hall–Kier alpha value is -2.75. The van der Waals surface area contributed by atoms with Gasteiger partial charge in [-0.25, -0.2) is 4.79 Å². The Morgan fingerprint density at radius 2 is 2.00 bits per heavy atom. The van der Waals surface area contributed by atoms with Crippen LogP contribution in [-0.2, 0) is 6.18 Å². The molecule has 0 saturated heterocycles. The number of nitrogens with zero attached hydrogens (tertiary/aromatic N) is 2. The Morgan fingerprint density at radius 1 is 1.30 bits per heavy atom. The molecule has 0 aliphatic rings. The van der Waals surface area contributed by atoms with E-state index in [-0.39, 0.29) is 11.4 Å². The summed E-state index contributed by atoms with van der Waals surface area (Å²) in [6, 6.07) is 7.58. The highest BCUT2D eigenvalue weighted by molar-refractivity contribution is 5.90. The summed E-state index contributed by atoms with van der Waals surface area (Å²) in [5.41, 5.74) is -1.70. The molecular weight excluding hydrogens is 273 g/mol. The Morgan fingerprint density at radius 3 is 2.55 bits per heavy atom. The largest absolute Gasteiger partial charge is 0.478 e. The van der Waals surface area contributed by atoms with Crippen LogP contribution >= 0.6 is 0 Å². The number of aromatic carboxylic acids is 1. The predicted molar refractivity (Wildman–Crippen MR) is 62.4 cm³/mol. The lowest BCUT2D eigenvalue weighted by atomic mass is 10.1. The first-order chi connectivity index (χ1) is 9.34. The summed E-state index contributed by atoms with van der Waals surface area (Å²) in [6.45, 7) is 0. The maximum absolute atomic E-state index is 12.7. The molecule has 2 aromatic rings. The van der Waals surface area contributed by atoms with Gasteiger partial charge in [-0.05, 0) is 30.3 Å². The second-order valence-corrected chi connectivity index (χ2v) is 3.91. The van der Waals surface area contributed by atoms with E-state index in [0.717, 1.165) is 12.1 Å². The van der Waals surface area contributed by atoms with Gasteiger partial charge in [0.2, 0.25) is 0 Å². The molecule has 0 aliphatic carbocycles. The van der Waals surface area contributed by atoms with Crippen LogP contribution in [0.5, 0.6) is 0 Å². The van der Waals surface area contributed by atoms with Crippen molar-refractivity contribution in [3.63, 3.8) is 0 Å². The van der Waals surface area contributed by atoms with Gasteiger partial charge in [0.15, 0.2) is 0 Å². The Bertz CT molecular complexity index is 711. The maximum Gasteiger partial charge on any atom is 0.417 e. The van der Waals surface area contributed by atoms with Crippen LogP contribution in [0.2, 0.25) is 0 Å². The van der Waals surface area contributed by atoms with Gasteiger partial charge in [0.25, 0.3) is 0 Å². The summed E-state index contributed by atoms with van der Waals surface area (Å²) in [5.74, 6) is -1.68. The van der Waals surface area contributed by atoms with Crippen molar-refractivity contribution in [1.29, 1.82) is 5.26 Å². The van der Waals surface area contributed by atoms with Crippen molar-refractivity contribution in [1.82, 2.24) is 4.57 Å². The molecule has 102 valence electrons. The highest BCUT2D eigenvalue weighted by Gasteiger charge is 2.35. The summed E-state index contributed by atoms with van der Waals surface area (Å²) in [6.07, 6.45) is -3.28. The van der Waals surface area contributed by atoms with Gasteiger partial charge < -0.3 is 9.67 Å². The highest BCUT2D eigenvalue weighted by Crippen LogP contribution is 2.33. The molecule has 7 heteroatoms. The van der Waals surface area contributed by atoms with Gasteiger partial charge in [0, 0.05) is 11.9 Å². The van der Waals surface area contributed by atoms with E-state index in [0.29, 0.717) is 6.07 Å². The number of halogens is 3. The lowest BCUT2D eigenvalue weighted by Crippen LogP contribution is -2.13. The Kier molecular flexibility index (Phi) is 3.24. The molecule has 0 radical (unpaired) electrons. The molecule has 0 amide bonds. The van der Waals surface area contributed by atoms with Crippen LogP contribution < -0.4 is 0 Å². The second kappa shape index (κ2) is 4.74. The third-order valence-corrected chi connectivity index (χ3v) is 2.68. The molecule has 0 unspecified atom stereocenters. The van der Waals surface area contributed by atoms with Crippen molar-refractivity contribution in [2.45, 2.75) is 6.18 Å². The van der Waals surface area contributed by atoms with E-state index < -0.39 is 23.3 Å². The molecule has 1 aromatic carbocycles. The number of hydrogen-bond acceptors (Lipinski definition) is 2. The molecule has 0 aliphatic heterocycles. The lowest BCUT2D eigenvalue weighted by Gasteiger charge is -2.12. The molecule has 20 heavy (non-hydrogen) atoms. The van der Waals surface area contributed by atoms with Crippen molar-refractivity contribution in [2.75, 3.05) is 0 Å². The van der Waals surface area contributed by atoms with Gasteiger partial charge in [-0.1, -0.05) is 0 Å². The number of nitriles is 1. The number of hydrogen-bond donors (Lipinski definition) is 1. The Balaban J connectivity index is 2.63. The van der Waals surface area contributed by atoms with E-state index in [1.54, 1.807) is 0 Å². The zero-order valence-corrected chi connectivity index (χ0v) is 9.85. The number of alkyl halides is 3. The van der Waals surface area contributed by atoms with Gasteiger partial charge in [0.05, 0.1) is 11.1 Å². The first kappa shape index (κ1) is 13.7. The minimum Gasteiger partial charge on any atom is -0.478 e. The molecule has 1 heterocycles. The minimum absolute atomic E-state index is 0.178. The summed E-state index contributed by atoms with van der Waals surface area (Å²) in [7, 11) is 0. The normalized spacial score (nSPS) is 11.1. The number of benzene rings is 1. The van der Waals surface area contributed by atoms with Crippen LogP contribution in [0.1, 0.15) is 21.6 Å². The number of carboxylic acids is 1. The zero-order chi connectivity index (χ0) is 14.9. The minimum atomic E-state index is -4.75. The average Bonchev–Trinajstić information content (AvgIpc) is 2.85. The molecule has 4 nitrogen and oxygen atoms in total. The quantitative estimate of drug-likeness (QED) is 0.919. The fraction of sp³-hybridized carbons (Fsp3) is 0.0769. The summed E-state index contributed by atoms with van der Waals surface area (Å²) >= 11 is 0. The van der Waals surface area contributed by atoms with Crippen LogP contribution in [-0.4, -0.2) is 15.6 Å².